The van der Waals surface area contributed by atoms with E-state index in [1.54, 1.807) is 0 Å². The Morgan fingerprint density at radius 1 is 0.697 bits per heavy atom. The highest BCUT2D eigenvalue weighted by molar-refractivity contribution is 7.88. The summed E-state index contributed by atoms with van der Waals surface area (Å²) in [6.45, 7) is 1.16. The van der Waals surface area contributed by atoms with Crippen LogP contribution in [0, 0.1) is 0 Å². The first-order valence-corrected chi connectivity index (χ1v) is 9.77. The van der Waals surface area contributed by atoms with Gasteiger partial charge in [-0.1, -0.05) is 24.3 Å². The minimum atomic E-state index is -7.39. The first-order chi connectivity index (χ1) is 14.8. The Hall–Kier alpha value is -2.97. The largest absolute Gasteiger partial charge is 0.460 e. The van der Waals surface area contributed by atoms with Gasteiger partial charge in [0.25, 0.3) is 0 Å². The van der Waals surface area contributed by atoms with Crippen LogP contribution < -0.4 is 8.92 Å². The average Bonchev–Trinajstić information content (AvgIpc) is 2.67. The fourth-order valence-electron chi connectivity index (χ4n) is 2.28. The number of esters is 1. The minimum absolute atomic E-state index is 0.177. The van der Waals surface area contributed by atoms with Gasteiger partial charge in [-0.3, -0.25) is 4.79 Å². The summed E-state index contributed by atoms with van der Waals surface area (Å²) in [4.78, 5) is 10.9. The molecule has 0 N–H and O–H groups in total. The van der Waals surface area contributed by atoms with Gasteiger partial charge in [-0.25, -0.2) is 0 Å². The Balaban J connectivity index is 2.28. The fraction of sp³-hybridized carbons (Fsp3) is 0.278. The first-order valence-electron chi connectivity index (χ1n) is 8.36. The average molecular weight is 510 g/mol. The fourth-order valence-corrected chi connectivity index (χ4v) is 3.19. The van der Waals surface area contributed by atoms with Crippen LogP contribution in [-0.2, 0) is 14.9 Å². The van der Waals surface area contributed by atoms with Crippen molar-refractivity contribution in [3.63, 3.8) is 0 Å². The maximum absolute atomic E-state index is 13.7. The van der Waals surface area contributed by atoms with Crippen molar-refractivity contribution in [2.24, 2.45) is 0 Å². The quantitative estimate of drug-likeness (QED) is 0.216. The van der Waals surface area contributed by atoms with Crippen molar-refractivity contribution in [3.05, 3.63) is 48.5 Å². The molecule has 0 aromatic heterocycles. The van der Waals surface area contributed by atoms with Crippen LogP contribution in [0.4, 0.5) is 39.5 Å². The number of halogens is 9. The Morgan fingerprint density at radius 3 is 1.45 bits per heavy atom. The van der Waals surface area contributed by atoms with Gasteiger partial charge in [0.05, 0.1) is 0 Å². The van der Waals surface area contributed by atoms with E-state index in [4.69, 9.17) is 4.74 Å². The summed E-state index contributed by atoms with van der Waals surface area (Å²) in [6.07, 6.45) is -7.18. The molecule has 0 aliphatic rings. The lowest BCUT2D eigenvalue weighted by molar-refractivity contribution is -0.382. The molecule has 2 rings (SSSR count). The monoisotopic (exact) mass is 510 g/mol. The highest BCUT2D eigenvalue weighted by atomic mass is 32.2. The third-order valence-corrected chi connectivity index (χ3v) is 5.24. The van der Waals surface area contributed by atoms with Crippen LogP contribution in [0.1, 0.15) is 6.92 Å². The molecule has 0 unspecified atom stereocenters. The molecule has 5 nitrogen and oxygen atoms in total. The summed E-state index contributed by atoms with van der Waals surface area (Å²) >= 11 is 0. The highest BCUT2D eigenvalue weighted by Crippen LogP contribution is 2.55. The zero-order valence-corrected chi connectivity index (χ0v) is 16.8. The molecular weight excluding hydrogens is 499 g/mol. The maximum atomic E-state index is 13.7. The van der Waals surface area contributed by atoms with Gasteiger partial charge in [-0.15, -0.1) is 0 Å². The van der Waals surface area contributed by atoms with Gasteiger partial charge in [-0.2, -0.15) is 47.9 Å². The molecule has 0 bridgehead atoms. The Morgan fingerprint density at radius 2 is 1.09 bits per heavy atom. The summed E-state index contributed by atoms with van der Waals surface area (Å²) < 4.78 is 148. The van der Waals surface area contributed by atoms with Crippen LogP contribution in [-0.4, -0.2) is 37.7 Å². The second-order valence-electron chi connectivity index (χ2n) is 6.34. The van der Waals surface area contributed by atoms with E-state index in [9.17, 15) is 52.7 Å². The Kier molecular flexibility index (Phi) is 6.71. The van der Waals surface area contributed by atoms with E-state index in [2.05, 4.69) is 4.18 Å². The predicted octanol–water partition coefficient (Wildman–Crippen LogP) is 5.41. The number of hydrogen-bond acceptors (Lipinski definition) is 5. The van der Waals surface area contributed by atoms with Gasteiger partial charge in [0, 0.05) is 6.92 Å². The molecule has 0 saturated heterocycles. The third kappa shape index (κ3) is 4.86. The number of carbonyl (C=O) groups excluding carboxylic acids is 1. The van der Waals surface area contributed by atoms with E-state index >= 15 is 0 Å². The summed E-state index contributed by atoms with van der Waals surface area (Å²) in [7, 11) is -7.02. The van der Waals surface area contributed by atoms with Crippen molar-refractivity contribution in [3.8, 4) is 22.6 Å². The maximum Gasteiger partial charge on any atom is 0.460 e. The Labute approximate surface area is 179 Å². The molecule has 0 fully saturated rings. The van der Waals surface area contributed by atoms with E-state index < -0.39 is 45.1 Å². The van der Waals surface area contributed by atoms with Crippen LogP contribution in [0.15, 0.2) is 48.5 Å². The van der Waals surface area contributed by atoms with Crippen LogP contribution >= 0.6 is 0 Å². The van der Waals surface area contributed by atoms with E-state index in [0.717, 1.165) is 19.1 Å². The number of carbonyl (C=O) groups is 1. The zero-order chi connectivity index (χ0) is 25.5. The van der Waals surface area contributed by atoms with Crippen molar-refractivity contribution in [2.45, 2.75) is 30.2 Å². The van der Waals surface area contributed by atoms with Gasteiger partial charge >= 0.3 is 39.4 Å². The summed E-state index contributed by atoms with van der Waals surface area (Å²) in [5, 5.41) is -6.95. The number of alkyl halides is 9. The lowest BCUT2D eigenvalue weighted by Gasteiger charge is -2.32. The lowest BCUT2D eigenvalue weighted by atomic mass is 10.1. The summed E-state index contributed by atoms with van der Waals surface area (Å²) in [6, 6.07) is 9.03. The molecule has 0 saturated carbocycles. The van der Waals surface area contributed by atoms with Crippen molar-refractivity contribution in [1.82, 2.24) is 0 Å². The molecule has 0 aliphatic carbocycles. The minimum Gasteiger partial charge on any atom is -0.427 e. The molecule has 0 spiro atoms. The lowest BCUT2D eigenvalue weighted by Crippen LogP contribution is -2.63. The number of hydrogen-bond donors (Lipinski definition) is 0. The SMILES string of the molecule is CC(=O)Oc1ccc(-c2ccc(OS(=O)(=O)C(F)(F)C(F)(F)C(F)(F)C(F)(F)F)cc2)cc1. The molecule has 33 heavy (non-hydrogen) atoms. The van der Waals surface area contributed by atoms with Gasteiger partial charge in [0.1, 0.15) is 11.5 Å². The standard InChI is InChI=1S/C18H11F9O5S/c1-10(28)31-13-6-2-11(3-7-13)12-4-8-14(9-5-12)32-33(29,30)18(26,27)16(21,22)15(19,20)17(23,24)25/h2-9H,1H3. The molecule has 0 heterocycles. The molecule has 2 aromatic carbocycles. The van der Waals surface area contributed by atoms with Crippen LogP contribution in [0.25, 0.3) is 11.1 Å². The molecule has 182 valence electrons. The van der Waals surface area contributed by atoms with E-state index in [1.807, 2.05) is 0 Å². The molecule has 0 aliphatic heterocycles. The summed E-state index contributed by atoms with van der Waals surface area (Å²) in [5.41, 5.74) is 0.705. The Bertz CT molecular complexity index is 1110. The van der Waals surface area contributed by atoms with E-state index in [-0.39, 0.29) is 11.3 Å². The van der Waals surface area contributed by atoms with Crippen LogP contribution in [0.5, 0.6) is 11.5 Å². The van der Waals surface area contributed by atoms with Gasteiger partial charge in [0.2, 0.25) is 0 Å². The predicted molar refractivity (Wildman–Crippen MR) is 93.6 cm³/mol. The number of ether oxygens (including phenoxy) is 1. The number of rotatable bonds is 7. The number of benzene rings is 2. The smallest absolute Gasteiger partial charge is 0.427 e. The van der Waals surface area contributed by atoms with Gasteiger partial charge in [-0.05, 0) is 35.4 Å². The third-order valence-electron chi connectivity index (χ3n) is 3.94. The molecular formula is C18H11F9O5S. The van der Waals surface area contributed by atoms with E-state index in [0.29, 0.717) is 17.7 Å². The van der Waals surface area contributed by atoms with Crippen molar-refractivity contribution in [2.75, 3.05) is 0 Å². The van der Waals surface area contributed by atoms with E-state index in [1.165, 1.54) is 24.3 Å². The van der Waals surface area contributed by atoms with Crippen molar-refractivity contribution in [1.29, 1.82) is 0 Å². The molecule has 15 heteroatoms. The second kappa shape index (κ2) is 8.43. The molecule has 0 amide bonds. The van der Waals surface area contributed by atoms with Crippen molar-refractivity contribution >= 4 is 16.1 Å². The second-order valence-corrected chi connectivity index (χ2v) is 7.93. The normalized spacial score (nSPS) is 13.5. The van der Waals surface area contributed by atoms with Crippen molar-refractivity contribution < 1.29 is 61.6 Å². The van der Waals surface area contributed by atoms with Crippen LogP contribution in [0.2, 0.25) is 0 Å². The summed E-state index contributed by atoms with van der Waals surface area (Å²) in [5.74, 6) is -16.3. The molecule has 0 radical (unpaired) electrons. The first kappa shape index (κ1) is 26.3. The molecule has 2 aromatic rings. The van der Waals surface area contributed by atoms with Gasteiger partial charge in [0.15, 0.2) is 0 Å². The van der Waals surface area contributed by atoms with Crippen LogP contribution in [0.3, 0.4) is 0 Å². The molecule has 0 atom stereocenters. The zero-order valence-electron chi connectivity index (χ0n) is 16.0. The highest BCUT2D eigenvalue weighted by Gasteiger charge is 2.86. The van der Waals surface area contributed by atoms with Gasteiger partial charge < -0.3 is 8.92 Å². The topological polar surface area (TPSA) is 69.7 Å².